The highest BCUT2D eigenvalue weighted by molar-refractivity contribution is 5.99. The van der Waals surface area contributed by atoms with Crippen LogP contribution in [0.2, 0.25) is 0 Å². The quantitative estimate of drug-likeness (QED) is 0.584. The van der Waals surface area contributed by atoms with Crippen LogP contribution in [0.15, 0.2) is 12.1 Å². The van der Waals surface area contributed by atoms with Crippen molar-refractivity contribution in [2.24, 2.45) is 5.73 Å². The zero-order valence-electron chi connectivity index (χ0n) is 9.64. The Labute approximate surface area is 105 Å². The van der Waals surface area contributed by atoms with Gasteiger partial charge in [-0.1, -0.05) is 0 Å². The number of hydrogen-bond donors (Lipinski definition) is 3. The Morgan fingerprint density at radius 1 is 1.32 bits per heavy atom. The Morgan fingerprint density at radius 3 is 2.32 bits per heavy atom. The number of anilines is 2. The van der Waals surface area contributed by atoms with Gasteiger partial charge in [-0.3, -0.25) is 4.79 Å². The van der Waals surface area contributed by atoms with Crippen molar-refractivity contribution in [1.29, 1.82) is 0 Å². The summed E-state index contributed by atoms with van der Waals surface area (Å²) in [5, 5.41) is 2.10. The van der Waals surface area contributed by atoms with Crippen molar-refractivity contribution in [1.82, 2.24) is 0 Å². The number of rotatable bonds is 3. The summed E-state index contributed by atoms with van der Waals surface area (Å²) >= 11 is 0. The Bertz CT molecular complexity index is 537. The van der Waals surface area contributed by atoms with Crippen LogP contribution in [0, 0.1) is 5.82 Å². The van der Waals surface area contributed by atoms with Crippen LogP contribution in [0.5, 0.6) is 0 Å². The molecule has 4 nitrogen and oxygen atoms in total. The lowest BCUT2D eigenvalue weighted by atomic mass is 10.1. The molecule has 1 amide bonds. The van der Waals surface area contributed by atoms with Gasteiger partial charge in [0.2, 0.25) is 0 Å². The van der Waals surface area contributed by atoms with Crippen molar-refractivity contribution in [3.8, 4) is 0 Å². The fraction of sp³-hybridized carbons (Fsp3) is 0.364. The van der Waals surface area contributed by atoms with Gasteiger partial charge < -0.3 is 16.8 Å². The summed E-state index contributed by atoms with van der Waals surface area (Å²) in [5.74, 6) is -1.89. The van der Waals surface area contributed by atoms with Crippen LogP contribution in [-0.4, -0.2) is 17.6 Å². The number of halogens is 4. The van der Waals surface area contributed by atoms with E-state index in [1.165, 1.54) is 0 Å². The van der Waals surface area contributed by atoms with E-state index < -0.39 is 29.1 Å². The highest BCUT2D eigenvalue weighted by Gasteiger charge is 2.63. The van der Waals surface area contributed by atoms with Crippen molar-refractivity contribution in [3.05, 3.63) is 23.5 Å². The summed E-state index contributed by atoms with van der Waals surface area (Å²) in [6.45, 7) is 0. The topological polar surface area (TPSA) is 81.1 Å². The highest BCUT2D eigenvalue weighted by atomic mass is 19.4. The van der Waals surface area contributed by atoms with Crippen molar-refractivity contribution in [3.63, 3.8) is 0 Å². The number of hydrogen-bond acceptors (Lipinski definition) is 3. The number of primary amides is 1. The predicted octanol–water partition coefficient (Wildman–Crippen LogP) is 2.01. The van der Waals surface area contributed by atoms with Gasteiger partial charge in [-0.25, -0.2) is 4.39 Å². The minimum atomic E-state index is -4.49. The van der Waals surface area contributed by atoms with Gasteiger partial charge in [0.15, 0.2) is 0 Å². The first-order chi connectivity index (χ1) is 8.66. The Morgan fingerprint density at radius 2 is 1.89 bits per heavy atom. The number of alkyl halides is 3. The van der Waals surface area contributed by atoms with E-state index in [1.807, 2.05) is 0 Å². The third-order valence-corrected chi connectivity index (χ3v) is 3.07. The van der Waals surface area contributed by atoms with Gasteiger partial charge in [0.25, 0.3) is 5.91 Å². The molecule has 1 aliphatic rings. The number of amides is 1. The van der Waals surface area contributed by atoms with E-state index in [2.05, 4.69) is 5.32 Å². The third kappa shape index (κ3) is 2.29. The maximum absolute atomic E-state index is 13.6. The third-order valence-electron chi connectivity index (χ3n) is 3.07. The molecule has 8 heteroatoms. The monoisotopic (exact) mass is 277 g/mol. The molecule has 1 saturated carbocycles. The van der Waals surface area contributed by atoms with E-state index in [4.69, 9.17) is 11.5 Å². The van der Waals surface area contributed by atoms with Crippen LogP contribution >= 0.6 is 0 Å². The number of nitrogens with two attached hydrogens (primary N) is 2. The molecule has 1 aliphatic carbocycles. The molecule has 0 heterocycles. The van der Waals surface area contributed by atoms with Crippen LogP contribution in [0.1, 0.15) is 23.2 Å². The van der Waals surface area contributed by atoms with Crippen molar-refractivity contribution >= 4 is 17.3 Å². The van der Waals surface area contributed by atoms with Gasteiger partial charge in [0.05, 0.1) is 11.3 Å². The molecule has 0 saturated heterocycles. The van der Waals surface area contributed by atoms with Crippen LogP contribution in [0.4, 0.5) is 28.9 Å². The normalized spacial score (nSPS) is 17.1. The maximum atomic E-state index is 13.6. The second-order valence-corrected chi connectivity index (χ2v) is 4.49. The molecule has 0 aliphatic heterocycles. The number of carbonyl (C=O) groups excluding carboxylic acids is 1. The molecule has 1 aromatic rings. The van der Waals surface area contributed by atoms with E-state index in [0.29, 0.717) is 0 Å². The second-order valence-electron chi connectivity index (χ2n) is 4.49. The first kappa shape index (κ1) is 13.4. The average Bonchev–Trinajstić information content (AvgIpc) is 3.01. The summed E-state index contributed by atoms with van der Waals surface area (Å²) in [6.07, 6.45) is -4.79. The Hall–Kier alpha value is -1.99. The van der Waals surface area contributed by atoms with Crippen molar-refractivity contribution in [2.75, 3.05) is 11.1 Å². The summed E-state index contributed by atoms with van der Waals surface area (Å²) in [5.41, 5.74) is 7.38. The minimum absolute atomic E-state index is 0.147. The number of benzene rings is 1. The van der Waals surface area contributed by atoms with Gasteiger partial charge >= 0.3 is 6.18 Å². The maximum Gasteiger partial charge on any atom is 0.411 e. The zero-order chi connectivity index (χ0) is 14.4. The summed E-state index contributed by atoms with van der Waals surface area (Å²) in [7, 11) is 0. The van der Waals surface area contributed by atoms with Gasteiger partial charge in [-0.2, -0.15) is 13.2 Å². The molecule has 0 bridgehead atoms. The molecule has 19 heavy (non-hydrogen) atoms. The van der Waals surface area contributed by atoms with Crippen LogP contribution in [-0.2, 0) is 0 Å². The Balaban J connectivity index is 2.36. The number of carbonyl (C=O) groups is 1. The predicted molar refractivity (Wildman–Crippen MR) is 61.0 cm³/mol. The molecular formula is C11H11F4N3O. The van der Waals surface area contributed by atoms with E-state index in [-0.39, 0.29) is 24.1 Å². The zero-order valence-corrected chi connectivity index (χ0v) is 9.64. The second kappa shape index (κ2) is 4.01. The van der Waals surface area contributed by atoms with E-state index >= 15 is 0 Å². The number of nitrogens with one attached hydrogen (secondary N) is 1. The van der Waals surface area contributed by atoms with Crippen LogP contribution in [0.25, 0.3) is 0 Å². The molecule has 0 unspecified atom stereocenters. The van der Waals surface area contributed by atoms with Gasteiger partial charge in [-0.15, -0.1) is 0 Å². The molecule has 2 rings (SSSR count). The molecule has 0 atom stereocenters. The average molecular weight is 277 g/mol. The van der Waals surface area contributed by atoms with Crippen molar-refractivity contribution in [2.45, 2.75) is 24.6 Å². The molecule has 104 valence electrons. The summed E-state index contributed by atoms with van der Waals surface area (Å²) < 4.78 is 51.8. The smallest absolute Gasteiger partial charge is 0.398 e. The lowest BCUT2D eigenvalue weighted by Crippen LogP contribution is -2.39. The number of nitrogen functional groups attached to an aromatic ring is 1. The molecule has 1 fully saturated rings. The molecule has 0 aromatic heterocycles. The van der Waals surface area contributed by atoms with Crippen LogP contribution in [0.3, 0.4) is 0 Å². The first-order valence-electron chi connectivity index (χ1n) is 5.40. The SMILES string of the molecule is NC(=O)c1cc(NC2(C(F)(F)F)CC2)c(F)cc1N. The first-order valence-corrected chi connectivity index (χ1v) is 5.40. The van der Waals surface area contributed by atoms with Crippen molar-refractivity contribution < 1.29 is 22.4 Å². The molecule has 5 N–H and O–H groups in total. The van der Waals surface area contributed by atoms with E-state index in [9.17, 15) is 22.4 Å². The van der Waals surface area contributed by atoms with Crippen LogP contribution < -0.4 is 16.8 Å². The molecule has 0 spiro atoms. The largest absolute Gasteiger partial charge is 0.411 e. The molecular weight excluding hydrogens is 266 g/mol. The molecule has 0 radical (unpaired) electrons. The minimum Gasteiger partial charge on any atom is -0.398 e. The lowest BCUT2D eigenvalue weighted by Gasteiger charge is -2.22. The Kier molecular flexibility index (Phi) is 2.83. The summed E-state index contributed by atoms with van der Waals surface area (Å²) in [4.78, 5) is 11.0. The fourth-order valence-electron chi connectivity index (χ4n) is 1.76. The highest BCUT2D eigenvalue weighted by Crippen LogP contribution is 2.51. The van der Waals surface area contributed by atoms with E-state index in [1.54, 1.807) is 0 Å². The fourth-order valence-corrected chi connectivity index (χ4v) is 1.76. The van der Waals surface area contributed by atoms with Gasteiger partial charge in [0, 0.05) is 5.69 Å². The molecule has 1 aromatic carbocycles. The standard InChI is InChI=1S/C11H11F4N3O/c12-6-4-7(16)5(9(17)19)3-8(6)18-10(1-2-10)11(13,14)15/h3-4,18H,1-2,16H2,(H2,17,19). The summed E-state index contributed by atoms with van der Waals surface area (Å²) in [6, 6.07) is 1.67. The lowest BCUT2D eigenvalue weighted by molar-refractivity contribution is -0.151. The van der Waals surface area contributed by atoms with Gasteiger partial charge in [0.1, 0.15) is 11.4 Å². The van der Waals surface area contributed by atoms with E-state index in [0.717, 1.165) is 12.1 Å². The van der Waals surface area contributed by atoms with Gasteiger partial charge in [-0.05, 0) is 25.0 Å².